The molecule has 2 aliphatic rings. The minimum atomic E-state index is -3.57. The van der Waals surface area contributed by atoms with Gasteiger partial charge < -0.3 is 5.32 Å². The summed E-state index contributed by atoms with van der Waals surface area (Å²) in [5.41, 5.74) is 1.12. The smallest absolute Gasteiger partial charge is 0.255 e. The summed E-state index contributed by atoms with van der Waals surface area (Å²) in [5, 5.41) is 2.79. The second-order valence-corrected chi connectivity index (χ2v) is 9.81. The Kier molecular flexibility index (Phi) is 5.25. The zero-order valence-corrected chi connectivity index (χ0v) is 16.8. The maximum Gasteiger partial charge on any atom is 0.255 e. The van der Waals surface area contributed by atoms with Crippen LogP contribution in [0.1, 0.15) is 43.0 Å². The van der Waals surface area contributed by atoms with Gasteiger partial charge >= 0.3 is 0 Å². The summed E-state index contributed by atoms with van der Waals surface area (Å²) in [6.07, 6.45) is 4.93. The fourth-order valence-electron chi connectivity index (χ4n) is 4.82. The first-order valence-corrected chi connectivity index (χ1v) is 11.4. The van der Waals surface area contributed by atoms with Crippen molar-refractivity contribution in [1.82, 2.24) is 4.72 Å². The molecular formula is C22H26N2O3S. The van der Waals surface area contributed by atoms with Gasteiger partial charge in [-0.3, -0.25) is 4.79 Å². The minimum absolute atomic E-state index is 0.0576. The monoisotopic (exact) mass is 398 g/mol. The van der Waals surface area contributed by atoms with Crippen molar-refractivity contribution in [2.75, 3.05) is 5.32 Å². The van der Waals surface area contributed by atoms with Crippen LogP contribution in [0.25, 0.3) is 0 Å². The van der Waals surface area contributed by atoms with Gasteiger partial charge in [-0.1, -0.05) is 24.6 Å². The molecule has 4 rings (SSSR count). The number of anilines is 1. The number of amides is 1. The number of carbonyl (C=O) groups is 1. The van der Waals surface area contributed by atoms with Gasteiger partial charge in [-0.25, -0.2) is 13.1 Å². The lowest BCUT2D eigenvalue weighted by Gasteiger charge is -2.28. The maximum atomic E-state index is 12.8. The highest BCUT2D eigenvalue weighted by Gasteiger charge is 2.42. The molecule has 0 aromatic heterocycles. The van der Waals surface area contributed by atoms with E-state index in [1.807, 2.05) is 13.0 Å². The molecule has 148 valence electrons. The van der Waals surface area contributed by atoms with E-state index in [1.165, 1.54) is 31.4 Å². The second kappa shape index (κ2) is 7.68. The van der Waals surface area contributed by atoms with E-state index in [9.17, 15) is 13.2 Å². The Labute approximate surface area is 166 Å². The van der Waals surface area contributed by atoms with E-state index in [0.717, 1.165) is 12.3 Å². The zero-order chi connectivity index (χ0) is 19.7. The first-order chi connectivity index (χ1) is 13.4. The molecule has 2 saturated carbocycles. The van der Waals surface area contributed by atoms with Gasteiger partial charge in [0.2, 0.25) is 10.0 Å². The van der Waals surface area contributed by atoms with Crippen LogP contribution in [0, 0.1) is 17.8 Å². The highest BCUT2D eigenvalue weighted by Crippen LogP contribution is 2.49. The number of carbonyl (C=O) groups excluding carboxylic acids is 1. The summed E-state index contributed by atoms with van der Waals surface area (Å²) < 4.78 is 28.4. The second-order valence-electron chi connectivity index (χ2n) is 8.09. The topological polar surface area (TPSA) is 75.3 Å². The van der Waals surface area contributed by atoms with E-state index in [2.05, 4.69) is 10.0 Å². The molecule has 2 aromatic carbocycles. The number of hydrogen-bond acceptors (Lipinski definition) is 3. The molecule has 4 unspecified atom stereocenters. The third-order valence-corrected chi connectivity index (χ3v) is 7.81. The van der Waals surface area contributed by atoms with Crippen LogP contribution in [0.3, 0.4) is 0 Å². The van der Waals surface area contributed by atoms with E-state index in [0.29, 0.717) is 23.1 Å². The lowest BCUT2D eigenvalue weighted by Crippen LogP contribution is -2.40. The molecule has 1 amide bonds. The normalized spacial score (nSPS) is 24.8. The number of benzene rings is 2. The van der Waals surface area contributed by atoms with E-state index in [1.54, 1.807) is 36.4 Å². The van der Waals surface area contributed by atoms with Crippen molar-refractivity contribution >= 4 is 21.6 Å². The molecule has 28 heavy (non-hydrogen) atoms. The summed E-state index contributed by atoms with van der Waals surface area (Å²) in [7, 11) is -3.57. The number of hydrogen-bond donors (Lipinski definition) is 2. The van der Waals surface area contributed by atoms with Crippen molar-refractivity contribution in [1.29, 1.82) is 0 Å². The number of sulfonamides is 1. The average molecular weight is 399 g/mol. The van der Waals surface area contributed by atoms with Gasteiger partial charge in [-0.2, -0.15) is 0 Å². The molecule has 0 radical (unpaired) electrons. The van der Waals surface area contributed by atoms with Crippen molar-refractivity contribution in [3.8, 4) is 0 Å². The summed E-state index contributed by atoms with van der Waals surface area (Å²) >= 11 is 0. The van der Waals surface area contributed by atoms with Gasteiger partial charge in [0, 0.05) is 17.3 Å². The van der Waals surface area contributed by atoms with Crippen LogP contribution in [0.4, 0.5) is 5.69 Å². The molecule has 2 aromatic rings. The number of nitrogens with one attached hydrogen (secondary N) is 2. The predicted molar refractivity (Wildman–Crippen MR) is 110 cm³/mol. The van der Waals surface area contributed by atoms with Crippen LogP contribution in [-0.2, 0) is 10.0 Å². The third-order valence-electron chi connectivity index (χ3n) is 6.23. The first kappa shape index (κ1) is 19.2. The predicted octanol–water partition coefficient (Wildman–Crippen LogP) is 4.04. The Morgan fingerprint density at radius 2 is 1.71 bits per heavy atom. The summed E-state index contributed by atoms with van der Waals surface area (Å²) in [6, 6.07) is 15.2. The molecule has 0 heterocycles. The van der Waals surface area contributed by atoms with Crippen LogP contribution in [0.2, 0.25) is 0 Å². The zero-order valence-electron chi connectivity index (χ0n) is 16.0. The lowest BCUT2D eigenvalue weighted by atomic mass is 9.84. The highest BCUT2D eigenvalue weighted by molar-refractivity contribution is 7.89. The van der Waals surface area contributed by atoms with Crippen molar-refractivity contribution in [2.45, 2.75) is 43.5 Å². The van der Waals surface area contributed by atoms with E-state index < -0.39 is 10.0 Å². The van der Waals surface area contributed by atoms with Crippen molar-refractivity contribution < 1.29 is 13.2 Å². The fourth-order valence-corrected chi connectivity index (χ4v) is 6.11. The molecule has 2 bridgehead atoms. The van der Waals surface area contributed by atoms with Gasteiger partial charge in [0.15, 0.2) is 0 Å². The van der Waals surface area contributed by atoms with Gasteiger partial charge in [-0.05, 0) is 80.3 Å². The Bertz CT molecular complexity index is 942. The molecule has 6 heteroatoms. The molecule has 2 fully saturated rings. The Morgan fingerprint density at radius 3 is 2.32 bits per heavy atom. The first-order valence-electron chi connectivity index (χ1n) is 9.91. The highest BCUT2D eigenvalue weighted by atomic mass is 32.2. The summed E-state index contributed by atoms with van der Waals surface area (Å²) in [5.74, 6) is 1.67. The maximum absolute atomic E-state index is 12.8. The number of rotatable bonds is 6. The van der Waals surface area contributed by atoms with Gasteiger partial charge in [0.1, 0.15) is 0 Å². The largest absolute Gasteiger partial charge is 0.322 e. The van der Waals surface area contributed by atoms with E-state index in [4.69, 9.17) is 0 Å². The molecule has 2 aliphatic carbocycles. The van der Waals surface area contributed by atoms with Crippen LogP contribution in [-0.4, -0.2) is 20.4 Å². The summed E-state index contributed by atoms with van der Waals surface area (Å²) in [6.45, 7) is 1.98. The van der Waals surface area contributed by atoms with Gasteiger partial charge in [-0.15, -0.1) is 0 Å². The molecule has 5 nitrogen and oxygen atoms in total. The molecule has 0 aliphatic heterocycles. The van der Waals surface area contributed by atoms with Crippen LogP contribution in [0.5, 0.6) is 0 Å². The Hall–Kier alpha value is -2.18. The standard InChI is InChI=1S/C22H26N2O3S/c1-15(21-14-16-7-8-18(21)13-16)24-28(26,27)20-11-9-19(10-12-20)23-22(25)17-5-3-2-4-6-17/h2-6,9-12,15-16,18,21,24H,7-8,13-14H2,1H3,(H,23,25). The average Bonchev–Trinajstić information content (AvgIpc) is 3.32. The summed E-state index contributed by atoms with van der Waals surface area (Å²) in [4.78, 5) is 12.4. The number of fused-ring (bicyclic) bond motifs is 2. The Balaban J connectivity index is 1.40. The fraction of sp³-hybridized carbons (Fsp3) is 0.409. The van der Waals surface area contributed by atoms with Gasteiger partial charge in [0.25, 0.3) is 5.91 Å². The van der Waals surface area contributed by atoms with Crippen LogP contribution < -0.4 is 10.0 Å². The van der Waals surface area contributed by atoms with E-state index >= 15 is 0 Å². The minimum Gasteiger partial charge on any atom is -0.322 e. The van der Waals surface area contributed by atoms with Crippen molar-refractivity contribution in [3.63, 3.8) is 0 Å². The van der Waals surface area contributed by atoms with E-state index in [-0.39, 0.29) is 16.8 Å². The van der Waals surface area contributed by atoms with Gasteiger partial charge in [0.05, 0.1) is 4.90 Å². The molecule has 0 spiro atoms. The van der Waals surface area contributed by atoms with Crippen molar-refractivity contribution in [3.05, 3.63) is 60.2 Å². The van der Waals surface area contributed by atoms with Crippen molar-refractivity contribution in [2.24, 2.45) is 17.8 Å². The third kappa shape index (κ3) is 3.98. The molecule has 4 atom stereocenters. The Morgan fingerprint density at radius 1 is 1.00 bits per heavy atom. The van der Waals surface area contributed by atoms with Crippen LogP contribution in [0.15, 0.2) is 59.5 Å². The quantitative estimate of drug-likeness (QED) is 0.771. The molecular weight excluding hydrogens is 372 g/mol. The lowest BCUT2D eigenvalue weighted by molar-refractivity contribution is 0.102. The SMILES string of the molecule is CC(NS(=O)(=O)c1ccc(NC(=O)c2ccccc2)cc1)C1CC2CCC1C2. The molecule has 0 saturated heterocycles. The van der Waals surface area contributed by atoms with Crippen LogP contribution >= 0.6 is 0 Å². The molecule has 2 N–H and O–H groups in total.